The highest BCUT2D eigenvalue weighted by Gasteiger charge is 2.03. The van der Waals surface area contributed by atoms with E-state index in [-0.39, 0.29) is 0 Å². The van der Waals surface area contributed by atoms with Gasteiger partial charge in [-0.3, -0.25) is 9.78 Å². The lowest BCUT2D eigenvalue weighted by atomic mass is 10.2. The number of carbonyl (C=O) groups is 1. The van der Waals surface area contributed by atoms with Gasteiger partial charge >= 0.3 is 0 Å². The van der Waals surface area contributed by atoms with E-state index in [1.807, 2.05) is 50.4 Å². The summed E-state index contributed by atoms with van der Waals surface area (Å²) in [7, 11) is 1.99. The third-order valence-electron chi connectivity index (χ3n) is 2.68. The molecule has 0 fully saturated rings. The normalized spacial score (nSPS) is 10.0. The Balaban J connectivity index is 2.29. The molecule has 17 heavy (non-hydrogen) atoms. The molecule has 3 heteroatoms. The predicted molar refractivity (Wildman–Crippen MR) is 68.9 cm³/mol. The van der Waals surface area contributed by atoms with Gasteiger partial charge in [-0.25, -0.2) is 0 Å². The molecule has 0 aliphatic rings. The first-order valence-corrected chi connectivity index (χ1v) is 5.42. The monoisotopic (exact) mass is 226 g/mol. The first-order valence-electron chi connectivity index (χ1n) is 5.42. The lowest BCUT2D eigenvalue weighted by molar-refractivity contribution is 0.112. The van der Waals surface area contributed by atoms with Crippen molar-refractivity contribution in [1.82, 2.24) is 4.98 Å². The smallest absolute Gasteiger partial charge is 0.150 e. The summed E-state index contributed by atoms with van der Waals surface area (Å²) in [5.74, 6) is 0. The van der Waals surface area contributed by atoms with Gasteiger partial charge in [-0.1, -0.05) is 0 Å². The molecule has 3 nitrogen and oxygen atoms in total. The van der Waals surface area contributed by atoms with Crippen molar-refractivity contribution in [1.29, 1.82) is 0 Å². The van der Waals surface area contributed by atoms with Gasteiger partial charge in [0.05, 0.1) is 0 Å². The van der Waals surface area contributed by atoms with Crippen molar-refractivity contribution in [3.05, 3.63) is 53.9 Å². The van der Waals surface area contributed by atoms with E-state index in [2.05, 4.69) is 9.88 Å². The molecule has 0 amide bonds. The average Bonchev–Trinajstić information content (AvgIpc) is 2.38. The van der Waals surface area contributed by atoms with Crippen molar-refractivity contribution < 1.29 is 4.79 Å². The molecule has 2 rings (SSSR count). The van der Waals surface area contributed by atoms with Gasteiger partial charge in [-0.2, -0.15) is 0 Å². The summed E-state index contributed by atoms with van der Waals surface area (Å²) in [4.78, 5) is 16.8. The Morgan fingerprint density at radius 3 is 2.41 bits per heavy atom. The van der Waals surface area contributed by atoms with Gasteiger partial charge in [-0.15, -0.1) is 0 Å². The maximum atomic E-state index is 10.6. The molecule has 1 aromatic heterocycles. The summed E-state index contributed by atoms with van der Waals surface area (Å²) >= 11 is 0. The van der Waals surface area contributed by atoms with Crippen molar-refractivity contribution in [2.24, 2.45) is 0 Å². The van der Waals surface area contributed by atoms with Gasteiger partial charge in [-0.05, 0) is 43.3 Å². The van der Waals surface area contributed by atoms with Gasteiger partial charge < -0.3 is 4.90 Å². The molecule has 0 radical (unpaired) electrons. The molecule has 0 bridgehead atoms. The lowest BCUT2D eigenvalue weighted by Crippen LogP contribution is -2.09. The minimum absolute atomic E-state index is 0.688. The fraction of sp³-hybridized carbons (Fsp3) is 0.143. The number of anilines is 2. The van der Waals surface area contributed by atoms with Gasteiger partial charge in [0.1, 0.15) is 6.29 Å². The number of rotatable bonds is 3. The zero-order valence-corrected chi connectivity index (χ0v) is 9.92. The van der Waals surface area contributed by atoms with Crippen molar-refractivity contribution >= 4 is 17.7 Å². The van der Waals surface area contributed by atoms with Crippen LogP contribution in [0.5, 0.6) is 0 Å². The number of aldehydes is 1. The van der Waals surface area contributed by atoms with E-state index in [9.17, 15) is 4.79 Å². The summed E-state index contributed by atoms with van der Waals surface area (Å²) in [6.07, 6.45) is 2.64. The maximum absolute atomic E-state index is 10.6. The van der Waals surface area contributed by atoms with E-state index < -0.39 is 0 Å². The van der Waals surface area contributed by atoms with Gasteiger partial charge in [0.2, 0.25) is 0 Å². The fourth-order valence-corrected chi connectivity index (χ4v) is 1.66. The van der Waals surface area contributed by atoms with Gasteiger partial charge in [0.15, 0.2) is 0 Å². The fourth-order valence-electron chi connectivity index (χ4n) is 1.66. The molecule has 86 valence electrons. The minimum Gasteiger partial charge on any atom is -0.345 e. The van der Waals surface area contributed by atoms with E-state index in [4.69, 9.17) is 0 Å². The van der Waals surface area contributed by atoms with Gasteiger partial charge in [0, 0.05) is 35.9 Å². The second-order valence-electron chi connectivity index (χ2n) is 3.92. The topological polar surface area (TPSA) is 33.2 Å². The highest BCUT2D eigenvalue weighted by atomic mass is 16.1. The Kier molecular flexibility index (Phi) is 3.19. The molecule has 0 spiro atoms. The Morgan fingerprint density at radius 1 is 1.12 bits per heavy atom. The van der Waals surface area contributed by atoms with Crippen molar-refractivity contribution in [2.75, 3.05) is 11.9 Å². The van der Waals surface area contributed by atoms with Crippen LogP contribution in [-0.2, 0) is 0 Å². The van der Waals surface area contributed by atoms with Crippen LogP contribution < -0.4 is 4.90 Å². The maximum Gasteiger partial charge on any atom is 0.150 e. The molecule has 0 saturated heterocycles. The zero-order chi connectivity index (χ0) is 12.3. The van der Waals surface area contributed by atoms with E-state index in [0.717, 1.165) is 23.4 Å². The van der Waals surface area contributed by atoms with Crippen LogP contribution in [0.4, 0.5) is 11.4 Å². The van der Waals surface area contributed by atoms with Crippen molar-refractivity contribution in [2.45, 2.75) is 6.92 Å². The lowest BCUT2D eigenvalue weighted by Gasteiger charge is -2.19. The SMILES string of the molecule is Cc1cc(N(C)c2ccc(C=O)cc2)ccn1. The number of nitrogens with zero attached hydrogens (tertiary/aromatic N) is 2. The molecular formula is C14H14N2O. The molecule has 1 aromatic carbocycles. The summed E-state index contributed by atoms with van der Waals surface area (Å²) in [5, 5.41) is 0. The number of carbonyl (C=O) groups excluding carboxylic acids is 1. The first-order chi connectivity index (χ1) is 8.20. The summed E-state index contributed by atoms with van der Waals surface area (Å²) in [6, 6.07) is 11.5. The number of benzene rings is 1. The van der Waals surface area contributed by atoms with Gasteiger partial charge in [0.25, 0.3) is 0 Å². The Hall–Kier alpha value is -2.16. The quantitative estimate of drug-likeness (QED) is 0.754. The Bertz CT molecular complexity index is 520. The molecule has 0 aliphatic heterocycles. The molecule has 0 saturated carbocycles. The van der Waals surface area contributed by atoms with Crippen LogP contribution >= 0.6 is 0 Å². The van der Waals surface area contributed by atoms with Crippen LogP contribution in [0, 0.1) is 6.92 Å². The number of hydrogen-bond acceptors (Lipinski definition) is 3. The molecule has 1 heterocycles. The first kappa shape index (κ1) is 11.3. The second kappa shape index (κ2) is 4.78. The van der Waals surface area contributed by atoms with Crippen LogP contribution in [-0.4, -0.2) is 18.3 Å². The van der Waals surface area contributed by atoms with E-state index in [0.29, 0.717) is 5.56 Å². The standard InChI is InChI=1S/C14H14N2O/c1-11-9-14(7-8-15-11)16(2)13-5-3-12(10-17)4-6-13/h3-10H,1-2H3. The Morgan fingerprint density at radius 2 is 1.82 bits per heavy atom. The summed E-state index contributed by atoms with van der Waals surface area (Å²) < 4.78 is 0. The minimum atomic E-state index is 0.688. The van der Waals surface area contributed by atoms with Crippen molar-refractivity contribution in [3.63, 3.8) is 0 Å². The van der Waals surface area contributed by atoms with E-state index in [1.165, 1.54) is 0 Å². The molecule has 0 atom stereocenters. The number of pyridine rings is 1. The highest BCUT2D eigenvalue weighted by molar-refractivity contribution is 5.76. The van der Waals surface area contributed by atoms with Crippen LogP contribution in [0.25, 0.3) is 0 Å². The molecule has 0 unspecified atom stereocenters. The number of aryl methyl sites for hydroxylation is 1. The largest absolute Gasteiger partial charge is 0.345 e. The van der Waals surface area contributed by atoms with Crippen molar-refractivity contribution in [3.8, 4) is 0 Å². The predicted octanol–water partition coefficient (Wildman–Crippen LogP) is 2.97. The van der Waals surface area contributed by atoms with E-state index >= 15 is 0 Å². The number of aromatic nitrogens is 1. The molecular weight excluding hydrogens is 212 g/mol. The second-order valence-corrected chi connectivity index (χ2v) is 3.92. The van der Waals surface area contributed by atoms with Crippen LogP contribution in [0.3, 0.4) is 0 Å². The third kappa shape index (κ3) is 2.50. The summed E-state index contributed by atoms with van der Waals surface area (Å²) in [6.45, 7) is 1.97. The molecule has 0 N–H and O–H groups in total. The highest BCUT2D eigenvalue weighted by Crippen LogP contribution is 2.23. The van der Waals surface area contributed by atoms with Crippen LogP contribution in [0.2, 0.25) is 0 Å². The van der Waals surface area contributed by atoms with Crippen LogP contribution in [0.1, 0.15) is 16.1 Å². The average molecular weight is 226 g/mol. The zero-order valence-electron chi connectivity index (χ0n) is 9.92. The molecule has 2 aromatic rings. The Labute approximate surface area is 101 Å². The van der Waals surface area contributed by atoms with Crippen LogP contribution in [0.15, 0.2) is 42.6 Å². The molecule has 0 aliphatic carbocycles. The summed E-state index contributed by atoms with van der Waals surface area (Å²) in [5.41, 5.74) is 3.80. The third-order valence-corrected chi connectivity index (χ3v) is 2.68. The number of hydrogen-bond donors (Lipinski definition) is 0. The van der Waals surface area contributed by atoms with E-state index in [1.54, 1.807) is 6.20 Å².